The van der Waals surface area contributed by atoms with E-state index in [4.69, 9.17) is 0 Å². The summed E-state index contributed by atoms with van der Waals surface area (Å²) >= 11 is 0. The molecule has 1 atom stereocenters. The smallest absolute Gasteiger partial charge is 0.246 e. The summed E-state index contributed by atoms with van der Waals surface area (Å²) in [7, 11) is -3.65. The van der Waals surface area contributed by atoms with Crippen molar-refractivity contribution in [3.05, 3.63) is 47.8 Å². The second-order valence-corrected chi connectivity index (χ2v) is 7.87. The van der Waals surface area contributed by atoms with Crippen molar-refractivity contribution in [1.82, 2.24) is 14.1 Å². The Morgan fingerprint density at radius 3 is 2.88 bits per heavy atom. The Labute approximate surface area is 142 Å². The minimum absolute atomic E-state index is 0.0331. The lowest BCUT2D eigenvalue weighted by Crippen LogP contribution is -2.35. The van der Waals surface area contributed by atoms with Gasteiger partial charge in [-0.3, -0.25) is 4.68 Å². The normalized spacial score (nSPS) is 17.4. The van der Waals surface area contributed by atoms with Crippen LogP contribution in [-0.2, 0) is 23.0 Å². The summed E-state index contributed by atoms with van der Waals surface area (Å²) in [5.41, 5.74) is 2.28. The number of aryl methyl sites for hydroxylation is 2. The Kier molecular flexibility index (Phi) is 5.03. The Bertz CT molecular complexity index is 801. The van der Waals surface area contributed by atoms with Crippen molar-refractivity contribution in [3.63, 3.8) is 0 Å². The van der Waals surface area contributed by atoms with E-state index in [0.29, 0.717) is 19.5 Å². The molecule has 0 spiro atoms. The zero-order valence-electron chi connectivity index (χ0n) is 13.8. The largest absolute Gasteiger partial charge is 0.396 e. The zero-order chi connectivity index (χ0) is 17.2. The molecule has 0 radical (unpaired) electrons. The number of rotatable bonds is 7. The summed E-state index contributed by atoms with van der Waals surface area (Å²) in [5.74, 6) is 0. The van der Waals surface area contributed by atoms with Gasteiger partial charge in [-0.05, 0) is 37.3 Å². The monoisotopic (exact) mass is 349 g/mol. The van der Waals surface area contributed by atoms with Crippen molar-refractivity contribution >= 4 is 10.0 Å². The van der Waals surface area contributed by atoms with Crippen LogP contribution in [0, 0.1) is 0 Å². The van der Waals surface area contributed by atoms with E-state index in [9.17, 15) is 13.5 Å². The molecule has 2 aromatic rings. The van der Waals surface area contributed by atoms with Crippen LogP contribution in [0.4, 0.5) is 0 Å². The molecule has 0 saturated carbocycles. The van der Waals surface area contributed by atoms with Gasteiger partial charge in [-0.25, -0.2) is 8.42 Å². The SMILES string of the molecule is CCn1cc(S(=O)(=O)N(CCCO)[C@H]2CCc3ccccc32)cn1. The van der Waals surface area contributed by atoms with Crippen LogP contribution < -0.4 is 0 Å². The fourth-order valence-electron chi connectivity index (χ4n) is 3.29. The molecule has 1 heterocycles. The van der Waals surface area contributed by atoms with E-state index in [0.717, 1.165) is 18.4 Å². The van der Waals surface area contributed by atoms with Crippen molar-refractivity contribution in [2.24, 2.45) is 0 Å². The molecule has 6 nitrogen and oxygen atoms in total. The van der Waals surface area contributed by atoms with Gasteiger partial charge in [0.1, 0.15) is 4.90 Å². The number of sulfonamides is 1. The molecule has 0 aliphatic heterocycles. The molecule has 1 aromatic carbocycles. The van der Waals surface area contributed by atoms with Gasteiger partial charge in [-0.2, -0.15) is 9.40 Å². The van der Waals surface area contributed by atoms with E-state index in [1.165, 1.54) is 16.1 Å². The second kappa shape index (κ2) is 7.04. The van der Waals surface area contributed by atoms with E-state index >= 15 is 0 Å². The van der Waals surface area contributed by atoms with Crippen LogP contribution in [0.25, 0.3) is 0 Å². The second-order valence-electron chi connectivity index (χ2n) is 5.98. The van der Waals surface area contributed by atoms with Gasteiger partial charge in [0.15, 0.2) is 0 Å². The molecular formula is C17H23N3O3S. The summed E-state index contributed by atoms with van der Waals surface area (Å²) in [6, 6.07) is 7.82. The number of hydrogen-bond acceptors (Lipinski definition) is 4. The molecule has 130 valence electrons. The number of aliphatic hydroxyl groups excluding tert-OH is 1. The molecule has 0 fully saturated rings. The van der Waals surface area contributed by atoms with Crippen molar-refractivity contribution < 1.29 is 13.5 Å². The highest BCUT2D eigenvalue weighted by Gasteiger charge is 2.36. The third-order valence-electron chi connectivity index (χ3n) is 4.53. The topological polar surface area (TPSA) is 75.4 Å². The van der Waals surface area contributed by atoms with Gasteiger partial charge in [0.05, 0.1) is 12.2 Å². The first-order valence-electron chi connectivity index (χ1n) is 8.31. The summed E-state index contributed by atoms with van der Waals surface area (Å²) in [6.07, 6.45) is 5.04. The summed E-state index contributed by atoms with van der Waals surface area (Å²) in [5, 5.41) is 13.3. The molecule has 3 rings (SSSR count). The van der Waals surface area contributed by atoms with Crippen LogP contribution in [0.3, 0.4) is 0 Å². The van der Waals surface area contributed by atoms with Crippen LogP contribution in [0.2, 0.25) is 0 Å². The maximum absolute atomic E-state index is 13.2. The lowest BCUT2D eigenvalue weighted by molar-refractivity contribution is 0.249. The summed E-state index contributed by atoms with van der Waals surface area (Å²) in [4.78, 5) is 0.215. The van der Waals surface area contributed by atoms with Gasteiger partial charge in [0, 0.05) is 25.9 Å². The number of nitrogens with zero attached hydrogens (tertiary/aromatic N) is 3. The Morgan fingerprint density at radius 2 is 2.17 bits per heavy atom. The number of aliphatic hydroxyl groups is 1. The molecule has 24 heavy (non-hydrogen) atoms. The molecule has 7 heteroatoms. The zero-order valence-corrected chi connectivity index (χ0v) is 14.6. The van der Waals surface area contributed by atoms with Gasteiger partial charge in [0.2, 0.25) is 10.0 Å². The van der Waals surface area contributed by atoms with Crippen LogP contribution in [-0.4, -0.2) is 40.8 Å². The third kappa shape index (κ3) is 3.11. The molecule has 1 aliphatic rings. The van der Waals surface area contributed by atoms with E-state index in [-0.39, 0.29) is 17.5 Å². The van der Waals surface area contributed by atoms with Crippen molar-refractivity contribution in [1.29, 1.82) is 0 Å². The number of fused-ring (bicyclic) bond motifs is 1. The van der Waals surface area contributed by atoms with Gasteiger partial charge in [-0.15, -0.1) is 0 Å². The van der Waals surface area contributed by atoms with Gasteiger partial charge in [-0.1, -0.05) is 24.3 Å². The minimum atomic E-state index is -3.65. The molecule has 1 N–H and O–H groups in total. The minimum Gasteiger partial charge on any atom is -0.396 e. The van der Waals surface area contributed by atoms with Gasteiger partial charge < -0.3 is 5.11 Å². The van der Waals surface area contributed by atoms with E-state index in [1.54, 1.807) is 10.9 Å². The van der Waals surface area contributed by atoms with Crippen LogP contribution in [0.5, 0.6) is 0 Å². The first-order valence-corrected chi connectivity index (χ1v) is 9.75. The Balaban J connectivity index is 1.97. The molecule has 1 aliphatic carbocycles. The first-order chi connectivity index (χ1) is 11.6. The predicted molar refractivity (Wildman–Crippen MR) is 91.0 cm³/mol. The van der Waals surface area contributed by atoms with Crippen molar-refractivity contribution in [3.8, 4) is 0 Å². The average Bonchev–Trinajstić information content (AvgIpc) is 3.22. The highest BCUT2D eigenvalue weighted by molar-refractivity contribution is 7.89. The lowest BCUT2D eigenvalue weighted by atomic mass is 10.1. The summed E-state index contributed by atoms with van der Waals surface area (Å²) < 4.78 is 29.5. The maximum atomic E-state index is 13.2. The van der Waals surface area contributed by atoms with Crippen LogP contribution in [0.1, 0.15) is 36.9 Å². The van der Waals surface area contributed by atoms with Gasteiger partial charge >= 0.3 is 0 Å². The predicted octanol–water partition coefficient (Wildman–Crippen LogP) is 1.96. The van der Waals surface area contributed by atoms with Crippen LogP contribution >= 0.6 is 0 Å². The maximum Gasteiger partial charge on any atom is 0.246 e. The summed E-state index contributed by atoms with van der Waals surface area (Å²) in [6.45, 7) is 2.81. The molecule has 0 unspecified atom stereocenters. The van der Waals surface area contributed by atoms with Crippen molar-refractivity contribution in [2.45, 2.75) is 43.7 Å². The fraction of sp³-hybridized carbons (Fsp3) is 0.471. The molecule has 1 aromatic heterocycles. The molecule has 0 bridgehead atoms. The molecule has 0 amide bonds. The van der Waals surface area contributed by atoms with Crippen LogP contribution in [0.15, 0.2) is 41.6 Å². The molecule has 0 saturated heterocycles. The van der Waals surface area contributed by atoms with Crippen molar-refractivity contribution in [2.75, 3.05) is 13.2 Å². The van der Waals surface area contributed by atoms with E-state index < -0.39 is 10.0 Å². The highest BCUT2D eigenvalue weighted by Crippen LogP contribution is 2.38. The Morgan fingerprint density at radius 1 is 1.38 bits per heavy atom. The lowest BCUT2D eigenvalue weighted by Gasteiger charge is -2.28. The van der Waals surface area contributed by atoms with E-state index in [1.807, 2.05) is 25.1 Å². The first kappa shape index (κ1) is 17.1. The van der Waals surface area contributed by atoms with E-state index in [2.05, 4.69) is 11.2 Å². The third-order valence-corrected chi connectivity index (χ3v) is 6.39. The quantitative estimate of drug-likeness (QED) is 0.829. The number of hydrogen-bond donors (Lipinski definition) is 1. The Hall–Kier alpha value is -1.70. The molecular weight excluding hydrogens is 326 g/mol. The fourth-order valence-corrected chi connectivity index (χ4v) is 4.92. The standard InChI is InChI=1S/C17H23N3O3S/c1-2-19-13-15(12-18-19)24(22,23)20(10-5-11-21)17-9-8-14-6-3-4-7-16(14)17/h3-4,6-7,12-13,17,21H,2,5,8-11H2,1H3/t17-/m0/s1. The highest BCUT2D eigenvalue weighted by atomic mass is 32.2. The van der Waals surface area contributed by atoms with Gasteiger partial charge in [0.25, 0.3) is 0 Å². The average molecular weight is 349 g/mol. The number of benzene rings is 1. The number of aromatic nitrogens is 2.